The van der Waals surface area contributed by atoms with Crippen molar-refractivity contribution in [3.63, 3.8) is 0 Å². The van der Waals surface area contributed by atoms with Crippen LogP contribution in [0.15, 0.2) is 22.7 Å². The molecule has 0 saturated carbocycles. The third kappa shape index (κ3) is 2.72. The lowest BCUT2D eigenvalue weighted by Gasteiger charge is -2.30. The third-order valence-electron chi connectivity index (χ3n) is 3.83. The van der Waals surface area contributed by atoms with Crippen LogP contribution >= 0.6 is 15.9 Å². The van der Waals surface area contributed by atoms with E-state index in [0.29, 0.717) is 12.0 Å². The fraction of sp³-hybridized carbons (Fsp3) is 0.600. The number of aliphatic hydroxyl groups excluding tert-OH is 1. The molecule has 1 aliphatic heterocycles. The van der Waals surface area contributed by atoms with E-state index in [0.717, 1.165) is 16.6 Å². The Morgan fingerprint density at radius 1 is 1.33 bits per heavy atom. The predicted molar refractivity (Wildman–Crippen MR) is 80.0 cm³/mol. The molecule has 1 N–H and O–H groups in total. The van der Waals surface area contributed by atoms with Gasteiger partial charge in [-0.05, 0) is 43.4 Å². The normalized spacial score (nSPS) is 21.7. The fourth-order valence-corrected chi connectivity index (χ4v) is 3.54. The van der Waals surface area contributed by atoms with Gasteiger partial charge in [-0.25, -0.2) is 0 Å². The Labute approximate surface area is 118 Å². The van der Waals surface area contributed by atoms with E-state index < -0.39 is 6.10 Å². The van der Waals surface area contributed by atoms with Crippen LogP contribution in [0.1, 0.15) is 45.3 Å². The van der Waals surface area contributed by atoms with Gasteiger partial charge in [0.05, 0.1) is 6.10 Å². The Bertz CT molecular complexity index is 417. The molecule has 100 valence electrons. The molecule has 1 heterocycles. The third-order valence-corrected chi connectivity index (χ3v) is 4.52. The van der Waals surface area contributed by atoms with Crippen LogP contribution in [0.4, 0.5) is 5.69 Å². The molecule has 1 aromatic rings. The summed E-state index contributed by atoms with van der Waals surface area (Å²) in [5.74, 6) is 0.683. The van der Waals surface area contributed by atoms with Crippen molar-refractivity contribution in [2.75, 3.05) is 11.4 Å². The van der Waals surface area contributed by atoms with Gasteiger partial charge in [0.15, 0.2) is 0 Å². The molecular weight excluding hydrogens is 290 g/mol. The molecule has 2 rings (SSSR count). The SMILES string of the molecule is CC(C)C1CCCN1c1ccc([C@@H](C)O)c(Br)c1. The van der Waals surface area contributed by atoms with Gasteiger partial charge in [0.2, 0.25) is 0 Å². The van der Waals surface area contributed by atoms with Crippen LogP contribution in [0.3, 0.4) is 0 Å². The summed E-state index contributed by atoms with van der Waals surface area (Å²) in [5.41, 5.74) is 2.22. The highest BCUT2D eigenvalue weighted by Crippen LogP contribution is 2.33. The smallest absolute Gasteiger partial charge is 0.0772 e. The number of rotatable bonds is 3. The highest BCUT2D eigenvalue weighted by atomic mass is 79.9. The van der Waals surface area contributed by atoms with Crippen LogP contribution < -0.4 is 4.90 Å². The van der Waals surface area contributed by atoms with Gasteiger partial charge in [-0.15, -0.1) is 0 Å². The van der Waals surface area contributed by atoms with E-state index in [1.165, 1.54) is 18.5 Å². The first-order valence-electron chi connectivity index (χ1n) is 6.75. The van der Waals surface area contributed by atoms with E-state index in [4.69, 9.17) is 0 Å². The Morgan fingerprint density at radius 3 is 2.61 bits per heavy atom. The van der Waals surface area contributed by atoms with Crippen molar-refractivity contribution in [2.24, 2.45) is 5.92 Å². The van der Waals surface area contributed by atoms with Gasteiger partial charge in [-0.1, -0.05) is 35.8 Å². The lowest BCUT2D eigenvalue weighted by atomic mass is 10.0. The molecule has 0 spiro atoms. The standard InChI is InChI=1S/C15H22BrNO/c1-10(2)15-5-4-8-17(15)12-6-7-13(11(3)18)14(16)9-12/h6-7,9-11,15,18H,4-5,8H2,1-3H3/t11-,15?/m1/s1. The Hall–Kier alpha value is -0.540. The Balaban J connectivity index is 2.26. The van der Waals surface area contributed by atoms with Crippen LogP contribution in [0.5, 0.6) is 0 Å². The van der Waals surface area contributed by atoms with Crippen LogP contribution in [0, 0.1) is 5.92 Å². The number of anilines is 1. The van der Waals surface area contributed by atoms with Gasteiger partial charge >= 0.3 is 0 Å². The van der Waals surface area contributed by atoms with Crippen molar-refractivity contribution in [1.82, 2.24) is 0 Å². The molecule has 1 aliphatic rings. The van der Waals surface area contributed by atoms with Gasteiger partial charge in [0, 0.05) is 22.7 Å². The first kappa shape index (κ1) is 13.9. The second kappa shape index (κ2) is 5.62. The number of hydrogen-bond donors (Lipinski definition) is 1. The van der Waals surface area contributed by atoms with E-state index in [2.05, 4.69) is 46.8 Å². The molecule has 0 amide bonds. The molecule has 1 saturated heterocycles. The largest absolute Gasteiger partial charge is 0.389 e. The number of benzene rings is 1. The van der Waals surface area contributed by atoms with Crippen LogP contribution in [0.25, 0.3) is 0 Å². The van der Waals surface area contributed by atoms with Crippen molar-refractivity contribution in [3.05, 3.63) is 28.2 Å². The predicted octanol–water partition coefficient (Wildman–Crippen LogP) is 4.13. The Kier molecular flexibility index (Phi) is 4.33. The minimum atomic E-state index is -0.423. The highest BCUT2D eigenvalue weighted by Gasteiger charge is 2.27. The molecule has 1 unspecified atom stereocenters. The molecule has 2 atom stereocenters. The highest BCUT2D eigenvalue weighted by molar-refractivity contribution is 9.10. The topological polar surface area (TPSA) is 23.5 Å². The van der Waals surface area contributed by atoms with Gasteiger partial charge in [0.1, 0.15) is 0 Å². The summed E-state index contributed by atoms with van der Waals surface area (Å²) in [4.78, 5) is 2.50. The molecule has 0 aromatic heterocycles. The van der Waals surface area contributed by atoms with E-state index in [-0.39, 0.29) is 0 Å². The number of hydrogen-bond acceptors (Lipinski definition) is 2. The maximum atomic E-state index is 9.66. The van der Waals surface area contributed by atoms with E-state index in [1.54, 1.807) is 6.92 Å². The first-order chi connectivity index (χ1) is 8.50. The molecule has 1 aromatic carbocycles. The van der Waals surface area contributed by atoms with Crippen molar-refractivity contribution < 1.29 is 5.11 Å². The Morgan fingerprint density at radius 2 is 2.06 bits per heavy atom. The molecule has 2 nitrogen and oxygen atoms in total. The van der Waals surface area contributed by atoms with Crippen molar-refractivity contribution in [2.45, 2.75) is 45.8 Å². The van der Waals surface area contributed by atoms with Gasteiger partial charge < -0.3 is 10.0 Å². The average Bonchev–Trinajstić information content (AvgIpc) is 2.77. The molecule has 0 aliphatic carbocycles. The molecule has 1 fully saturated rings. The zero-order chi connectivity index (χ0) is 13.3. The molecule has 0 radical (unpaired) electrons. The van der Waals surface area contributed by atoms with Crippen LogP contribution in [-0.2, 0) is 0 Å². The van der Waals surface area contributed by atoms with Crippen molar-refractivity contribution in [1.29, 1.82) is 0 Å². The zero-order valence-corrected chi connectivity index (χ0v) is 12.9. The summed E-state index contributed by atoms with van der Waals surface area (Å²) >= 11 is 3.57. The van der Waals surface area contributed by atoms with Crippen LogP contribution in [-0.4, -0.2) is 17.7 Å². The monoisotopic (exact) mass is 311 g/mol. The second-order valence-corrected chi connectivity index (χ2v) is 6.38. The molecule has 3 heteroatoms. The lowest BCUT2D eigenvalue weighted by Crippen LogP contribution is -2.33. The lowest BCUT2D eigenvalue weighted by molar-refractivity contribution is 0.198. The molecular formula is C15H22BrNO. The minimum Gasteiger partial charge on any atom is -0.389 e. The maximum Gasteiger partial charge on any atom is 0.0772 e. The zero-order valence-electron chi connectivity index (χ0n) is 11.4. The van der Waals surface area contributed by atoms with Crippen molar-refractivity contribution >= 4 is 21.6 Å². The number of halogens is 1. The summed E-state index contributed by atoms with van der Waals surface area (Å²) in [5, 5.41) is 9.66. The number of aliphatic hydroxyl groups is 1. The van der Waals surface area contributed by atoms with Crippen LogP contribution in [0.2, 0.25) is 0 Å². The quantitative estimate of drug-likeness (QED) is 0.907. The average molecular weight is 312 g/mol. The van der Waals surface area contributed by atoms with Crippen molar-refractivity contribution in [3.8, 4) is 0 Å². The van der Waals surface area contributed by atoms with Gasteiger partial charge in [-0.2, -0.15) is 0 Å². The van der Waals surface area contributed by atoms with Gasteiger partial charge in [-0.3, -0.25) is 0 Å². The summed E-state index contributed by atoms with van der Waals surface area (Å²) in [6, 6.07) is 6.95. The number of nitrogens with zero attached hydrogens (tertiary/aromatic N) is 1. The molecule has 18 heavy (non-hydrogen) atoms. The first-order valence-corrected chi connectivity index (χ1v) is 7.54. The van der Waals surface area contributed by atoms with E-state index >= 15 is 0 Å². The summed E-state index contributed by atoms with van der Waals surface area (Å²) < 4.78 is 1.00. The van der Waals surface area contributed by atoms with E-state index in [9.17, 15) is 5.11 Å². The summed E-state index contributed by atoms with van der Waals surface area (Å²) in [6.45, 7) is 7.53. The summed E-state index contributed by atoms with van der Waals surface area (Å²) in [7, 11) is 0. The molecule has 0 bridgehead atoms. The maximum absolute atomic E-state index is 9.66. The minimum absolute atomic E-state index is 0.423. The van der Waals surface area contributed by atoms with E-state index in [1.807, 2.05) is 6.07 Å². The fourth-order valence-electron chi connectivity index (χ4n) is 2.84. The summed E-state index contributed by atoms with van der Waals surface area (Å²) in [6.07, 6.45) is 2.14. The second-order valence-electron chi connectivity index (χ2n) is 5.53. The van der Waals surface area contributed by atoms with Gasteiger partial charge in [0.25, 0.3) is 0 Å².